The molecule has 3 nitrogen and oxygen atoms in total. The number of aromatic nitrogens is 1. The molecule has 0 unspecified atom stereocenters. The van der Waals surface area contributed by atoms with Crippen LogP contribution in [0.4, 0.5) is 4.39 Å². The van der Waals surface area contributed by atoms with E-state index >= 15 is 0 Å². The lowest BCUT2D eigenvalue weighted by Crippen LogP contribution is -2.33. The van der Waals surface area contributed by atoms with Crippen LogP contribution >= 0.6 is 11.6 Å². The summed E-state index contributed by atoms with van der Waals surface area (Å²) in [4.78, 5) is 17.8. The molecule has 0 fully saturated rings. The molecule has 5 heteroatoms. The molecule has 19 heavy (non-hydrogen) atoms. The average molecular weight is 287 g/mol. The fourth-order valence-corrected chi connectivity index (χ4v) is 1.94. The Morgan fingerprint density at radius 2 is 1.89 bits per heavy atom. The molecular weight excluding hydrogens is 267 g/mol. The Morgan fingerprint density at radius 3 is 2.42 bits per heavy atom. The molecule has 1 heterocycles. The standard InChI is InChI=1S/C14H20ClFN2O/c1-3-5-7-18(8-6-4-2)14(19)12-9-11(16)10-17-13(12)15/h9-10H,3-8H2,1-2H3. The Morgan fingerprint density at radius 1 is 1.32 bits per heavy atom. The van der Waals surface area contributed by atoms with Crippen molar-refractivity contribution in [3.63, 3.8) is 0 Å². The lowest BCUT2D eigenvalue weighted by Gasteiger charge is -2.22. The third-order valence-corrected chi connectivity index (χ3v) is 3.19. The molecule has 0 spiro atoms. The minimum atomic E-state index is -0.543. The second kappa shape index (κ2) is 8.10. The van der Waals surface area contributed by atoms with E-state index in [-0.39, 0.29) is 16.6 Å². The van der Waals surface area contributed by atoms with Crippen molar-refractivity contribution < 1.29 is 9.18 Å². The average Bonchev–Trinajstić information content (AvgIpc) is 2.41. The van der Waals surface area contributed by atoms with Crippen LogP contribution in [0.3, 0.4) is 0 Å². The molecule has 1 aromatic heterocycles. The first-order valence-electron chi connectivity index (χ1n) is 6.70. The minimum Gasteiger partial charge on any atom is -0.339 e. The SMILES string of the molecule is CCCCN(CCCC)C(=O)c1cc(F)cnc1Cl. The minimum absolute atomic E-state index is 0.0596. The summed E-state index contributed by atoms with van der Waals surface area (Å²) >= 11 is 5.88. The van der Waals surface area contributed by atoms with E-state index in [4.69, 9.17) is 11.6 Å². The molecule has 1 aromatic rings. The van der Waals surface area contributed by atoms with Crippen molar-refractivity contribution in [3.8, 4) is 0 Å². The predicted molar refractivity (Wildman–Crippen MR) is 74.9 cm³/mol. The van der Waals surface area contributed by atoms with Gasteiger partial charge in [-0.15, -0.1) is 0 Å². The number of hydrogen-bond donors (Lipinski definition) is 0. The molecule has 0 aliphatic carbocycles. The Balaban J connectivity index is 2.87. The summed E-state index contributed by atoms with van der Waals surface area (Å²) in [6, 6.07) is 1.16. The van der Waals surface area contributed by atoms with Crippen LogP contribution < -0.4 is 0 Å². The number of pyridine rings is 1. The maximum atomic E-state index is 13.2. The Hall–Kier alpha value is -1.16. The number of carbonyl (C=O) groups excluding carboxylic acids is 1. The molecule has 1 rings (SSSR count). The van der Waals surface area contributed by atoms with Gasteiger partial charge in [-0.05, 0) is 18.9 Å². The largest absolute Gasteiger partial charge is 0.339 e. The Kier molecular flexibility index (Phi) is 6.78. The number of halogens is 2. The first-order valence-corrected chi connectivity index (χ1v) is 7.08. The summed E-state index contributed by atoms with van der Waals surface area (Å²) in [5.74, 6) is -0.780. The van der Waals surface area contributed by atoms with Crippen LogP contribution in [0.5, 0.6) is 0 Å². The highest BCUT2D eigenvalue weighted by Gasteiger charge is 2.19. The first-order chi connectivity index (χ1) is 9.10. The fourth-order valence-electron chi connectivity index (χ4n) is 1.76. The number of carbonyl (C=O) groups is 1. The first kappa shape index (κ1) is 15.9. The number of nitrogens with zero attached hydrogens (tertiary/aromatic N) is 2. The van der Waals surface area contributed by atoms with Crippen LogP contribution in [0.25, 0.3) is 0 Å². The second-order valence-corrected chi connectivity index (χ2v) is 4.85. The lowest BCUT2D eigenvalue weighted by molar-refractivity contribution is 0.0750. The molecule has 0 radical (unpaired) electrons. The number of unbranched alkanes of at least 4 members (excludes halogenated alkanes) is 2. The van der Waals surface area contributed by atoms with Gasteiger partial charge < -0.3 is 4.90 Å². The summed E-state index contributed by atoms with van der Waals surface area (Å²) in [7, 11) is 0. The molecule has 0 saturated heterocycles. The van der Waals surface area contributed by atoms with Gasteiger partial charge in [-0.1, -0.05) is 38.3 Å². The van der Waals surface area contributed by atoms with Gasteiger partial charge in [0.25, 0.3) is 5.91 Å². The smallest absolute Gasteiger partial charge is 0.257 e. The summed E-state index contributed by atoms with van der Waals surface area (Å²) in [5.41, 5.74) is 0.147. The van der Waals surface area contributed by atoms with Gasteiger partial charge >= 0.3 is 0 Å². The topological polar surface area (TPSA) is 33.2 Å². The third-order valence-electron chi connectivity index (χ3n) is 2.89. The number of hydrogen-bond acceptors (Lipinski definition) is 2. The quantitative estimate of drug-likeness (QED) is 0.712. The molecule has 0 aliphatic heterocycles. The highest BCUT2D eigenvalue weighted by Crippen LogP contribution is 2.17. The lowest BCUT2D eigenvalue weighted by atomic mass is 10.2. The van der Waals surface area contributed by atoms with Crippen molar-refractivity contribution >= 4 is 17.5 Å². The van der Waals surface area contributed by atoms with Crippen molar-refractivity contribution in [3.05, 3.63) is 28.8 Å². The molecule has 106 valence electrons. The van der Waals surface area contributed by atoms with Crippen LogP contribution in [-0.4, -0.2) is 28.9 Å². The van der Waals surface area contributed by atoms with Crippen molar-refractivity contribution in [1.29, 1.82) is 0 Å². The normalized spacial score (nSPS) is 10.5. The maximum absolute atomic E-state index is 13.2. The van der Waals surface area contributed by atoms with Crippen LogP contribution in [0, 0.1) is 5.82 Å². The zero-order chi connectivity index (χ0) is 14.3. The molecule has 0 bridgehead atoms. The maximum Gasteiger partial charge on any atom is 0.257 e. The van der Waals surface area contributed by atoms with Gasteiger partial charge in [-0.2, -0.15) is 0 Å². The van der Waals surface area contributed by atoms with E-state index in [1.807, 2.05) is 0 Å². The monoisotopic (exact) mass is 286 g/mol. The van der Waals surface area contributed by atoms with Crippen molar-refractivity contribution in [1.82, 2.24) is 9.88 Å². The third kappa shape index (κ3) is 4.78. The number of amides is 1. The van der Waals surface area contributed by atoms with Crippen molar-refractivity contribution in [2.24, 2.45) is 0 Å². The zero-order valence-corrected chi connectivity index (χ0v) is 12.2. The van der Waals surface area contributed by atoms with Gasteiger partial charge in [0.2, 0.25) is 0 Å². The van der Waals surface area contributed by atoms with Gasteiger partial charge in [0.1, 0.15) is 11.0 Å². The molecule has 0 aliphatic rings. The van der Waals surface area contributed by atoms with Crippen molar-refractivity contribution in [2.45, 2.75) is 39.5 Å². The second-order valence-electron chi connectivity index (χ2n) is 4.49. The predicted octanol–water partition coefficient (Wildman–Crippen LogP) is 3.92. The molecule has 0 N–H and O–H groups in total. The highest BCUT2D eigenvalue weighted by molar-refractivity contribution is 6.32. The molecule has 0 atom stereocenters. The fraction of sp³-hybridized carbons (Fsp3) is 0.571. The van der Waals surface area contributed by atoms with E-state index in [0.29, 0.717) is 13.1 Å². The van der Waals surface area contributed by atoms with E-state index in [2.05, 4.69) is 18.8 Å². The van der Waals surface area contributed by atoms with Crippen molar-refractivity contribution in [2.75, 3.05) is 13.1 Å². The van der Waals surface area contributed by atoms with Gasteiger partial charge in [0.05, 0.1) is 11.8 Å². The van der Waals surface area contributed by atoms with E-state index < -0.39 is 5.82 Å². The Bertz CT molecular complexity index is 418. The van der Waals surface area contributed by atoms with E-state index in [1.54, 1.807) is 4.90 Å². The highest BCUT2D eigenvalue weighted by atomic mass is 35.5. The van der Waals surface area contributed by atoms with E-state index in [1.165, 1.54) is 0 Å². The molecule has 0 aromatic carbocycles. The summed E-state index contributed by atoms with van der Waals surface area (Å²) in [5, 5.41) is 0.0596. The number of rotatable bonds is 7. The van der Waals surface area contributed by atoms with Gasteiger partial charge in [-0.3, -0.25) is 4.79 Å². The van der Waals surface area contributed by atoms with Crippen LogP contribution in [-0.2, 0) is 0 Å². The summed E-state index contributed by atoms with van der Waals surface area (Å²) < 4.78 is 13.2. The molecular formula is C14H20ClFN2O. The van der Waals surface area contributed by atoms with Crippen LogP contribution in [0.2, 0.25) is 5.15 Å². The van der Waals surface area contributed by atoms with Gasteiger partial charge in [0, 0.05) is 13.1 Å². The van der Waals surface area contributed by atoms with E-state index in [0.717, 1.165) is 37.9 Å². The van der Waals surface area contributed by atoms with Crippen LogP contribution in [0.15, 0.2) is 12.3 Å². The molecule has 1 amide bonds. The zero-order valence-electron chi connectivity index (χ0n) is 11.5. The van der Waals surface area contributed by atoms with Gasteiger partial charge in [-0.25, -0.2) is 9.37 Å². The summed E-state index contributed by atoms with van der Waals surface area (Å²) in [6.45, 7) is 5.47. The van der Waals surface area contributed by atoms with Crippen LogP contribution in [0.1, 0.15) is 49.9 Å². The summed E-state index contributed by atoms with van der Waals surface area (Å²) in [6.07, 6.45) is 4.88. The van der Waals surface area contributed by atoms with Gasteiger partial charge in [0.15, 0.2) is 0 Å². The molecule has 0 saturated carbocycles. The van der Waals surface area contributed by atoms with E-state index in [9.17, 15) is 9.18 Å². The Labute approximate surface area is 118 Å².